The molecule has 0 aromatic carbocycles. The molecule has 90 valence electrons. The zero-order chi connectivity index (χ0) is 12.4. The van der Waals surface area contributed by atoms with Gasteiger partial charge in [0.1, 0.15) is 5.41 Å². The summed E-state index contributed by atoms with van der Waals surface area (Å²) in [6, 6.07) is 0. The normalized spacial score (nSPS) is 21.5. The van der Waals surface area contributed by atoms with E-state index in [1.165, 1.54) is 12.2 Å². The van der Waals surface area contributed by atoms with Gasteiger partial charge >= 0.3 is 6.18 Å². The molecule has 1 saturated carbocycles. The highest BCUT2D eigenvalue weighted by Crippen LogP contribution is 2.56. The van der Waals surface area contributed by atoms with Crippen molar-refractivity contribution in [2.24, 2.45) is 11.1 Å². The molecule has 1 aliphatic rings. The minimum Gasteiger partial charge on any atom is -0.401 e. The highest BCUT2D eigenvalue weighted by Gasteiger charge is 2.59. The van der Waals surface area contributed by atoms with Gasteiger partial charge in [0, 0.05) is 5.70 Å². The Morgan fingerprint density at radius 1 is 1.38 bits per heavy atom. The molecule has 1 fully saturated rings. The molecule has 1 nitrogen and oxygen atoms in total. The van der Waals surface area contributed by atoms with Crippen molar-refractivity contribution < 1.29 is 13.2 Å². The van der Waals surface area contributed by atoms with E-state index < -0.39 is 11.6 Å². The van der Waals surface area contributed by atoms with Crippen LogP contribution in [0.3, 0.4) is 0 Å². The van der Waals surface area contributed by atoms with E-state index in [0.29, 0.717) is 12.0 Å². The lowest BCUT2D eigenvalue weighted by molar-refractivity contribution is -0.234. The predicted octanol–water partition coefficient (Wildman–Crippen LogP) is 3.69. The number of alkyl halides is 3. The van der Waals surface area contributed by atoms with E-state index in [4.69, 9.17) is 5.73 Å². The van der Waals surface area contributed by atoms with Crippen molar-refractivity contribution in [1.82, 2.24) is 0 Å². The number of rotatable bonds is 3. The first-order chi connectivity index (χ1) is 7.33. The average molecular weight is 231 g/mol. The fourth-order valence-electron chi connectivity index (χ4n) is 1.88. The van der Waals surface area contributed by atoms with Gasteiger partial charge in [-0.25, -0.2) is 0 Å². The number of halogens is 3. The molecule has 0 aromatic heterocycles. The summed E-state index contributed by atoms with van der Waals surface area (Å²) in [5.41, 5.74) is 4.41. The Kier molecular flexibility index (Phi) is 3.51. The molecule has 0 heterocycles. The first kappa shape index (κ1) is 12.9. The zero-order valence-corrected chi connectivity index (χ0v) is 9.27. The molecule has 0 amide bonds. The highest BCUT2D eigenvalue weighted by molar-refractivity contribution is 5.29. The van der Waals surface area contributed by atoms with Crippen LogP contribution in [0.15, 0.2) is 36.1 Å². The molecule has 4 heteroatoms. The summed E-state index contributed by atoms with van der Waals surface area (Å²) in [6.07, 6.45) is 1.09. The van der Waals surface area contributed by atoms with E-state index in [1.807, 2.05) is 0 Å². The molecule has 1 rings (SSSR count). The van der Waals surface area contributed by atoms with Gasteiger partial charge in [0.15, 0.2) is 0 Å². The molecule has 0 saturated heterocycles. The van der Waals surface area contributed by atoms with Gasteiger partial charge in [0.25, 0.3) is 0 Å². The van der Waals surface area contributed by atoms with Crippen molar-refractivity contribution in [2.45, 2.75) is 32.4 Å². The molecule has 0 spiro atoms. The van der Waals surface area contributed by atoms with E-state index in [1.54, 1.807) is 13.0 Å². The second-order valence-electron chi connectivity index (χ2n) is 4.18. The molecule has 0 aliphatic heterocycles. The lowest BCUT2D eigenvalue weighted by Gasteiger charge is -2.43. The van der Waals surface area contributed by atoms with Gasteiger partial charge in [-0.1, -0.05) is 25.2 Å². The van der Waals surface area contributed by atoms with Gasteiger partial charge in [-0.05, 0) is 31.4 Å². The first-order valence-corrected chi connectivity index (χ1v) is 5.17. The zero-order valence-electron chi connectivity index (χ0n) is 9.27. The molecule has 0 bridgehead atoms. The van der Waals surface area contributed by atoms with Gasteiger partial charge in [0.05, 0.1) is 0 Å². The van der Waals surface area contributed by atoms with Crippen molar-refractivity contribution in [3.05, 3.63) is 36.1 Å². The van der Waals surface area contributed by atoms with Gasteiger partial charge in [-0.3, -0.25) is 0 Å². The third-order valence-electron chi connectivity index (χ3n) is 3.07. The summed E-state index contributed by atoms with van der Waals surface area (Å²) in [6.45, 7) is 5.19. The van der Waals surface area contributed by atoms with Crippen molar-refractivity contribution in [2.75, 3.05) is 0 Å². The quantitative estimate of drug-likeness (QED) is 0.736. The summed E-state index contributed by atoms with van der Waals surface area (Å²) in [4.78, 5) is 0. The molecule has 0 radical (unpaired) electrons. The maximum atomic E-state index is 12.9. The molecule has 2 N–H and O–H groups in total. The fourth-order valence-corrected chi connectivity index (χ4v) is 1.88. The molecular weight excluding hydrogens is 215 g/mol. The lowest BCUT2D eigenvalue weighted by atomic mass is 9.65. The standard InChI is InChI=1S/C12H16F3N/c1-3-5-9(2)8-10(16)11(6-4-7-11)12(13,14)15/h3,5,8H,1,4,6-7,16H2,2H3/b9-5-,10-8-. The highest BCUT2D eigenvalue weighted by atomic mass is 19.4. The molecule has 16 heavy (non-hydrogen) atoms. The summed E-state index contributed by atoms with van der Waals surface area (Å²) in [7, 11) is 0. The van der Waals surface area contributed by atoms with Crippen molar-refractivity contribution in [3.63, 3.8) is 0 Å². The minimum absolute atomic E-state index is 0.0816. The summed E-state index contributed by atoms with van der Waals surface area (Å²) < 4.78 is 38.6. The lowest BCUT2D eigenvalue weighted by Crippen LogP contribution is -2.47. The Morgan fingerprint density at radius 2 is 1.94 bits per heavy atom. The Labute approximate surface area is 93.5 Å². The van der Waals surface area contributed by atoms with E-state index in [-0.39, 0.29) is 18.5 Å². The third kappa shape index (κ3) is 2.15. The summed E-state index contributed by atoms with van der Waals surface area (Å²) in [5.74, 6) is 0. The van der Waals surface area contributed by atoms with Crippen LogP contribution in [0.25, 0.3) is 0 Å². The number of hydrogen-bond acceptors (Lipinski definition) is 1. The molecular formula is C12H16F3N. The number of nitrogens with two attached hydrogens (primary N) is 1. The Balaban J connectivity index is 2.98. The largest absolute Gasteiger partial charge is 0.401 e. The monoisotopic (exact) mass is 231 g/mol. The second-order valence-corrected chi connectivity index (χ2v) is 4.18. The van der Waals surface area contributed by atoms with Crippen LogP contribution in [0.4, 0.5) is 13.2 Å². The maximum absolute atomic E-state index is 12.9. The summed E-state index contributed by atoms with van der Waals surface area (Å²) in [5, 5.41) is 0. The van der Waals surface area contributed by atoms with E-state index in [9.17, 15) is 13.2 Å². The number of hydrogen-bond donors (Lipinski definition) is 1. The van der Waals surface area contributed by atoms with Crippen LogP contribution >= 0.6 is 0 Å². The van der Waals surface area contributed by atoms with Crippen LogP contribution < -0.4 is 5.73 Å². The Bertz CT molecular complexity index is 333. The Hall–Kier alpha value is -1.19. The van der Waals surface area contributed by atoms with Crippen molar-refractivity contribution >= 4 is 0 Å². The molecule has 0 atom stereocenters. The molecule has 0 unspecified atom stereocenters. The van der Waals surface area contributed by atoms with Crippen LogP contribution in [-0.4, -0.2) is 6.18 Å². The van der Waals surface area contributed by atoms with Gasteiger partial charge in [0.2, 0.25) is 0 Å². The van der Waals surface area contributed by atoms with Gasteiger partial charge < -0.3 is 5.73 Å². The van der Waals surface area contributed by atoms with Crippen LogP contribution in [0, 0.1) is 5.41 Å². The van der Waals surface area contributed by atoms with Crippen LogP contribution in [0.1, 0.15) is 26.2 Å². The second kappa shape index (κ2) is 4.36. The third-order valence-corrected chi connectivity index (χ3v) is 3.07. The smallest absolute Gasteiger partial charge is 0.399 e. The molecule has 0 aromatic rings. The van der Waals surface area contributed by atoms with Crippen LogP contribution in [-0.2, 0) is 0 Å². The maximum Gasteiger partial charge on any atom is 0.399 e. The predicted molar refractivity (Wildman–Crippen MR) is 58.6 cm³/mol. The van der Waals surface area contributed by atoms with Gasteiger partial charge in [-0.2, -0.15) is 13.2 Å². The van der Waals surface area contributed by atoms with Crippen molar-refractivity contribution in [3.8, 4) is 0 Å². The summed E-state index contributed by atoms with van der Waals surface area (Å²) >= 11 is 0. The fraction of sp³-hybridized carbons (Fsp3) is 0.500. The van der Waals surface area contributed by atoms with Gasteiger partial charge in [-0.15, -0.1) is 0 Å². The van der Waals surface area contributed by atoms with E-state index in [2.05, 4.69) is 6.58 Å². The average Bonchev–Trinajstić information content (AvgIpc) is 1.97. The topological polar surface area (TPSA) is 26.0 Å². The van der Waals surface area contributed by atoms with Crippen LogP contribution in [0.2, 0.25) is 0 Å². The van der Waals surface area contributed by atoms with E-state index in [0.717, 1.165) is 0 Å². The number of allylic oxidation sites excluding steroid dienone is 5. The van der Waals surface area contributed by atoms with Crippen molar-refractivity contribution in [1.29, 1.82) is 0 Å². The van der Waals surface area contributed by atoms with E-state index >= 15 is 0 Å². The SMILES string of the molecule is C=C/C=C(C)\C=C(/N)C1(C(F)(F)F)CCC1. The van der Waals surface area contributed by atoms with Crippen LogP contribution in [0.5, 0.6) is 0 Å². The first-order valence-electron chi connectivity index (χ1n) is 5.17. The molecule has 1 aliphatic carbocycles. The minimum atomic E-state index is -4.25. The Morgan fingerprint density at radius 3 is 2.25 bits per heavy atom.